The van der Waals surface area contributed by atoms with Gasteiger partial charge in [0.2, 0.25) is 0 Å². The van der Waals surface area contributed by atoms with E-state index in [1.165, 1.54) is 12.1 Å². The number of rotatable bonds is 7. The van der Waals surface area contributed by atoms with Gasteiger partial charge in [0, 0.05) is 0 Å². The monoisotopic (exact) mass is 499 g/mol. The molecule has 0 saturated carbocycles. The number of fused-ring (bicyclic) bond motifs is 1. The summed E-state index contributed by atoms with van der Waals surface area (Å²) in [6, 6.07) is 25.3. The van der Waals surface area contributed by atoms with Gasteiger partial charge < -0.3 is 9.47 Å². The maximum atomic E-state index is 13.2. The number of nitrogens with zero attached hydrogens (tertiary/aromatic N) is 1. The van der Waals surface area contributed by atoms with Crippen LogP contribution >= 0.6 is 11.8 Å². The smallest absolute Gasteiger partial charge is 0.293 e. The highest BCUT2D eigenvalue weighted by atomic mass is 32.2. The van der Waals surface area contributed by atoms with Gasteiger partial charge in [-0.1, -0.05) is 60.7 Å². The van der Waals surface area contributed by atoms with Crippen molar-refractivity contribution in [2.24, 2.45) is 0 Å². The van der Waals surface area contributed by atoms with E-state index in [2.05, 4.69) is 18.2 Å². The molecule has 1 aliphatic rings. The summed E-state index contributed by atoms with van der Waals surface area (Å²) in [5, 5.41) is 1.92. The molecular weight excluding hydrogens is 477 g/mol. The molecule has 4 aromatic carbocycles. The van der Waals surface area contributed by atoms with Crippen molar-refractivity contribution < 1.29 is 23.5 Å². The Morgan fingerprint density at radius 2 is 1.69 bits per heavy atom. The third-order valence-electron chi connectivity index (χ3n) is 5.88. The molecule has 5 nitrogen and oxygen atoms in total. The molecule has 1 fully saturated rings. The van der Waals surface area contributed by atoms with Gasteiger partial charge in [0.15, 0.2) is 11.5 Å². The summed E-state index contributed by atoms with van der Waals surface area (Å²) in [7, 11) is 1.56. The quantitative estimate of drug-likeness (QED) is 0.262. The van der Waals surface area contributed by atoms with Crippen molar-refractivity contribution in [2.75, 3.05) is 7.11 Å². The van der Waals surface area contributed by atoms with Gasteiger partial charge in [-0.05, 0) is 69.6 Å². The maximum Gasteiger partial charge on any atom is 0.293 e. The number of halogens is 1. The molecule has 0 N–H and O–H groups in total. The number of methoxy groups -OCH3 is 1. The molecule has 0 aromatic heterocycles. The fourth-order valence-electron chi connectivity index (χ4n) is 4.03. The van der Waals surface area contributed by atoms with Gasteiger partial charge in [-0.2, -0.15) is 0 Å². The lowest BCUT2D eigenvalue weighted by molar-refractivity contribution is -0.123. The normalized spacial score (nSPS) is 14.6. The van der Waals surface area contributed by atoms with Crippen molar-refractivity contribution in [3.8, 4) is 11.5 Å². The molecule has 0 spiro atoms. The first-order valence-corrected chi connectivity index (χ1v) is 12.1. The fourth-order valence-corrected chi connectivity index (χ4v) is 4.87. The maximum absolute atomic E-state index is 13.2. The number of carbonyl (C=O) groups is 2. The summed E-state index contributed by atoms with van der Waals surface area (Å²) < 4.78 is 24.8. The first kappa shape index (κ1) is 23.6. The zero-order valence-electron chi connectivity index (χ0n) is 19.4. The van der Waals surface area contributed by atoms with E-state index in [-0.39, 0.29) is 23.5 Å². The van der Waals surface area contributed by atoms with Gasteiger partial charge >= 0.3 is 0 Å². The highest BCUT2D eigenvalue weighted by molar-refractivity contribution is 8.18. The average Bonchev–Trinajstić information content (AvgIpc) is 3.16. The number of hydrogen-bond donors (Lipinski definition) is 0. The Morgan fingerprint density at radius 3 is 2.50 bits per heavy atom. The van der Waals surface area contributed by atoms with E-state index in [4.69, 9.17) is 9.47 Å². The largest absolute Gasteiger partial charge is 0.493 e. The standard InChI is InChI=1S/C29H22FNO4S/c1-34-26-15-20(11-14-25(26)35-18-22-7-4-6-21-5-2-3-8-24(21)22)16-27-28(32)31(29(33)36-27)17-19-9-12-23(30)13-10-19/h2-16H,17-18H2,1H3/b27-16+. The number of benzene rings is 4. The van der Waals surface area contributed by atoms with E-state index >= 15 is 0 Å². The number of hydrogen-bond acceptors (Lipinski definition) is 5. The number of imide groups is 1. The van der Waals surface area contributed by atoms with Crippen LogP contribution in [0, 0.1) is 5.82 Å². The van der Waals surface area contributed by atoms with E-state index in [0.29, 0.717) is 34.1 Å². The average molecular weight is 500 g/mol. The lowest BCUT2D eigenvalue weighted by Gasteiger charge is -2.13. The van der Waals surface area contributed by atoms with Crippen LogP contribution in [0.4, 0.5) is 9.18 Å². The van der Waals surface area contributed by atoms with Crippen LogP contribution in [0.15, 0.2) is 89.8 Å². The molecule has 180 valence electrons. The van der Waals surface area contributed by atoms with Crippen molar-refractivity contribution in [2.45, 2.75) is 13.2 Å². The molecule has 0 unspecified atom stereocenters. The van der Waals surface area contributed by atoms with Crippen molar-refractivity contribution in [3.63, 3.8) is 0 Å². The Kier molecular flexibility index (Phi) is 6.73. The van der Waals surface area contributed by atoms with Crippen LogP contribution in [-0.2, 0) is 17.9 Å². The topological polar surface area (TPSA) is 55.8 Å². The Hall–Kier alpha value is -4.10. The first-order valence-electron chi connectivity index (χ1n) is 11.3. The van der Waals surface area contributed by atoms with Crippen molar-refractivity contribution in [1.82, 2.24) is 4.90 Å². The molecule has 1 aliphatic heterocycles. The Bertz CT molecular complexity index is 1480. The molecular formula is C29H22FNO4S. The van der Waals surface area contributed by atoms with Crippen molar-refractivity contribution in [3.05, 3.63) is 112 Å². The van der Waals surface area contributed by atoms with E-state index in [1.54, 1.807) is 37.5 Å². The Balaban J connectivity index is 1.32. The minimum atomic E-state index is -0.385. The molecule has 4 aromatic rings. The van der Waals surface area contributed by atoms with Gasteiger partial charge in [-0.15, -0.1) is 0 Å². The van der Waals surface area contributed by atoms with Crippen molar-refractivity contribution >= 4 is 39.8 Å². The van der Waals surface area contributed by atoms with Gasteiger partial charge in [0.1, 0.15) is 12.4 Å². The molecule has 7 heteroatoms. The summed E-state index contributed by atoms with van der Waals surface area (Å²) in [5.41, 5.74) is 2.44. The van der Waals surface area contributed by atoms with E-state index in [9.17, 15) is 14.0 Å². The first-order chi connectivity index (χ1) is 17.5. The number of thioether (sulfide) groups is 1. The molecule has 1 saturated heterocycles. The minimum Gasteiger partial charge on any atom is -0.493 e. The van der Waals surface area contributed by atoms with Crippen LogP contribution in [0.3, 0.4) is 0 Å². The summed E-state index contributed by atoms with van der Waals surface area (Å²) in [4.78, 5) is 26.8. The molecule has 5 rings (SSSR count). The predicted molar refractivity (Wildman–Crippen MR) is 139 cm³/mol. The lowest BCUT2D eigenvalue weighted by Crippen LogP contribution is -2.27. The molecule has 0 aliphatic carbocycles. The number of carbonyl (C=O) groups excluding carboxylic acids is 2. The Morgan fingerprint density at radius 1 is 0.917 bits per heavy atom. The number of amides is 2. The van der Waals surface area contributed by atoms with E-state index in [0.717, 1.165) is 33.0 Å². The summed E-state index contributed by atoms with van der Waals surface area (Å²) in [5.74, 6) is 0.345. The minimum absolute atomic E-state index is 0.0898. The molecule has 0 atom stereocenters. The van der Waals surface area contributed by atoms with E-state index < -0.39 is 0 Å². The van der Waals surface area contributed by atoms with E-state index in [1.807, 2.05) is 30.3 Å². The second kappa shape index (κ2) is 10.3. The molecule has 2 amide bonds. The highest BCUT2D eigenvalue weighted by Crippen LogP contribution is 2.35. The van der Waals surface area contributed by atoms with Crippen LogP contribution < -0.4 is 9.47 Å². The van der Waals surface area contributed by atoms with Crippen LogP contribution in [0.1, 0.15) is 16.7 Å². The van der Waals surface area contributed by atoms with Crippen LogP contribution in [-0.4, -0.2) is 23.2 Å². The van der Waals surface area contributed by atoms with Crippen LogP contribution in [0.5, 0.6) is 11.5 Å². The van der Waals surface area contributed by atoms with Crippen LogP contribution in [0.25, 0.3) is 16.8 Å². The molecule has 0 radical (unpaired) electrons. The third-order valence-corrected chi connectivity index (χ3v) is 6.78. The van der Waals surface area contributed by atoms with Gasteiger partial charge in [-0.3, -0.25) is 14.5 Å². The zero-order chi connectivity index (χ0) is 25.1. The second-order valence-electron chi connectivity index (χ2n) is 8.23. The predicted octanol–water partition coefficient (Wildman–Crippen LogP) is 6.80. The molecule has 36 heavy (non-hydrogen) atoms. The van der Waals surface area contributed by atoms with Crippen molar-refractivity contribution in [1.29, 1.82) is 0 Å². The molecule has 0 bridgehead atoms. The highest BCUT2D eigenvalue weighted by Gasteiger charge is 2.35. The SMILES string of the molecule is COc1cc(/C=C2/SC(=O)N(Cc3ccc(F)cc3)C2=O)ccc1OCc1cccc2ccccc12. The fraction of sp³-hybridized carbons (Fsp3) is 0.103. The Labute approximate surface area is 212 Å². The van der Waals surface area contributed by atoms with Gasteiger partial charge in [0.25, 0.3) is 11.1 Å². The summed E-state index contributed by atoms with van der Waals surface area (Å²) >= 11 is 0.878. The molecule has 1 heterocycles. The van der Waals surface area contributed by atoms with Gasteiger partial charge in [-0.25, -0.2) is 4.39 Å². The summed E-state index contributed by atoms with van der Waals surface area (Å²) in [6.07, 6.45) is 1.66. The zero-order valence-corrected chi connectivity index (χ0v) is 20.3. The second-order valence-corrected chi connectivity index (χ2v) is 9.22. The van der Waals surface area contributed by atoms with Gasteiger partial charge in [0.05, 0.1) is 18.6 Å². The summed E-state index contributed by atoms with van der Waals surface area (Å²) in [6.45, 7) is 0.464. The number of ether oxygens (including phenoxy) is 2. The van der Waals surface area contributed by atoms with Crippen LogP contribution in [0.2, 0.25) is 0 Å². The third kappa shape index (κ3) is 4.97. The lowest BCUT2D eigenvalue weighted by atomic mass is 10.1.